The van der Waals surface area contributed by atoms with Crippen LogP contribution in [0.4, 0.5) is 0 Å². The average Bonchev–Trinajstić information content (AvgIpc) is 2.50. The molecule has 0 atom stereocenters. The lowest BCUT2D eigenvalue weighted by Crippen LogP contribution is -2.26. The molecule has 2 rings (SSSR count). The summed E-state index contributed by atoms with van der Waals surface area (Å²) in [6.07, 6.45) is 2.23. The molecule has 1 aliphatic rings. The van der Waals surface area contributed by atoms with Gasteiger partial charge in [0, 0.05) is 19.6 Å². The van der Waals surface area contributed by atoms with Crippen LogP contribution in [0.25, 0.3) is 0 Å². The van der Waals surface area contributed by atoms with Gasteiger partial charge in [0.05, 0.1) is 0 Å². The molecule has 1 heterocycles. The Morgan fingerprint density at radius 1 is 1.28 bits per heavy atom. The number of thioether (sulfide) groups is 1. The topological polar surface area (TPSA) is 36.4 Å². The first kappa shape index (κ1) is 13.4. The van der Waals surface area contributed by atoms with Gasteiger partial charge in [-0.1, -0.05) is 42.5 Å². The molecule has 1 aromatic carbocycles. The van der Waals surface area contributed by atoms with Crippen molar-refractivity contribution in [3.63, 3.8) is 0 Å². The maximum atomic E-state index is 5.25. The number of nitrogens with zero attached hydrogens (tertiary/aromatic N) is 1. The molecule has 0 saturated carbocycles. The van der Waals surface area contributed by atoms with Crippen molar-refractivity contribution < 1.29 is 0 Å². The first-order chi connectivity index (χ1) is 8.84. The van der Waals surface area contributed by atoms with Crippen LogP contribution in [-0.4, -0.2) is 22.6 Å². The van der Waals surface area contributed by atoms with Crippen molar-refractivity contribution in [2.45, 2.75) is 19.4 Å². The fourth-order valence-corrected chi connectivity index (χ4v) is 2.62. The number of hydrogen-bond donors (Lipinski definition) is 2. The lowest BCUT2D eigenvalue weighted by Gasteiger charge is -2.09. The smallest absolute Gasteiger partial charge is 0.163 e. The molecular weight excluding hydrogens is 262 g/mol. The van der Waals surface area contributed by atoms with Gasteiger partial charge in [0.2, 0.25) is 0 Å². The third-order valence-corrected chi connectivity index (χ3v) is 3.78. The molecule has 3 nitrogen and oxygen atoms in total. The number of aliphatic imine (C=N–C) groups is 1. The highest BCUT2D eigenvalue weighted by molar-refractivity contribution is 8.32. The van der Waals surface area contributed by atoms with Crippen LogP contribution in [0.3, 0.4) is 0 Å². The van der Waals surface area contributed by atoms with Gasteiger partial charge in [0.15, 0.2) is 5.17 Å². The highest BCUT2D eigenvalue weighted by Gasteiger charge is 2.06. The lowest BCUT2D eigenvalue weighted by molar-refractivity contribution is 0.724. The van der Waals surface area contributed by atoms with Crippen LogP contribution in [0.5, 0.6) is 0 Å². The zero-order chi connectivity index (χ0) is 12.6. The van der Waals surface area contributed by atoms with Crippen LogP contribution in [0.1, 0.15) is 18.4 Å². The summed E-state index contributed by atoms with van der Waals surface area (Å²) in [5, 5.41) is 7.49. The van der Waals surface area contributed by atoms with E-state index in [2.05, 4.69) is 27.8 Å². The molecular formula is C13H17N3S2. The van der Waals surface area contributed by atoms with Crippen molar-refractivity contribution in [3.05, 3.63) is 35.9 Å². The van der Waals surface area contributed by atoms with Crippen LogP contribution >= 0.6 is 24.0 Å². The normalized spacial score (nSPS) is 16.9. The maximum absolute atomic E-state index is 5.25. The number of thiocarbonyl (C=S) groups is 1. The predicted octanol–water partition coefficient (Wildman–Crippen LogP) is 2.53. The Kier molecular flexibility index (Phi) is 5.48. The van der Waals surface area contributed by atoms with E-state index in [1.165, 1.54) is 17.3 Å². The minimum Gasteiger partial charge on any atom is -0.371 e. The third kappa shape index (κ3) is 4.66. The maximum Gasteiger partial charge on any atom is 0.163 e. The monoisotopic (exact) mass is 279 g/mol. The Morgan fingerprint density at radius 2 is 2.11 bits per heavy atom. The lowest BCUT2D eigenvalue weighted by atomic mass is 10.2. The van der Waals surface area contributed by atoms with Crippen LogP contribution in [0.15, 0.2) is 35.3 Å². The van der Waals surface area contributed by atoms with E-state index in [1.54, 1.807) is 0 Å². The van der Waals surface area contributed by atoms with E-state index >= 15 is 0 Å². The van der Waals surface area contributed by atoms with Crippen molar-refractivity contribution in [3.8, 4) is 0 Å². The van der Waals surface area contributed by atoms with Crippen LogP contribution in [0.2, 0.25) is 0 Å². The van der Waals surface area contributed by atoms with Gasteiger partial charge in [-0.25, -0.2) is 0 Å². The van der Waals surface area contributed by atoms with Gasteiger partial charge < -0.3 is 10.6 Å². The third-order valence-electron chi connectivity index (χ3n) is 2.59. The van der Waals surface area contributed by atoms with Crippen LogP contribution < -0.4 is 10.6 Å². The summed E-state index contributed by atoms with van der Waals surface area (Å²) in [6, 6.07) is 10.3. The van der Waals surface area contributed by atoms with E-state index in [0.29, 0.717) is 0 Å². The highest BCUT2D eigenvalue weighted by atomic mass is 32.2. The van der Waals surface area contributed by atoms with Crippen molar-refractivity contribution in [2.24, 2.45) is 4.99 Å². The molecule has 5 heteroatoms. The van der Waals surface area contributed by atoms with E-state index < -0.39 is 0 Å². The second-order valence-corrected chi connectivity index (χ2v) is 5.72. The summed E-state index contributed by atoms with van der Waals surface area (Å²) >= 11 is 6.76. The van der Waals surface area contributed by atoms with Gasteiger partial charge in [-0.05, 0) is 30.2 Å². The SMILES string of the molecule is S=C1NCCCCN=C(NCc2ccccc2)S1. The summed E-state index contributed by atoms with van der Waals surface area (Å²) in [5.74, 6) is 0. The molecule has 0 aromatic heterocycles. The van der Waals surface area contributed by atoms with Crippen molar-refractivity contribution in [1.82, 2.24) is 10.6 Å². The Bertz CT molecular complexity index is 418. The molecule has 0 unspecified atom stereocenters. The minimum absolute atomic E-state index is 0.787. The summed E-state index contributed by atoms with van der Waals surface area (Å²) < 4.78 is 0.802. The molecule has 0 spiro atoms. The first-order valence-electron chi connectivity index (χ1n) is 6.12. The number of benzene rings is 1. The molecule has 0 radical (unpaired) electrons. The largest absolute Gasteiger partial charge is 0.371 e. The number of nitrogens with one attached hydrogen (secondary N) is 2. The van der Waals surface area contributed by atoms with E-state index in [-0.39, 0.29) is 0 Å². The van der Waals surface area contributed by atoms with E-state index in [1.807, 2.05) is 18.2 Å². The summed E-state index contributed by atoms with van der Waals surface area (Å²) in [5.41, 5.74) is 1.25. The standard InChI is InChI=1S/C13H17N3S2/c17-13-15-9-5-4-8-14-12(18-13)16-10-11-6-2-1-3-7-11/h1-3,6-7H,4-5,8-10H2,(H,14,16)(H,15,17). The first-order valence-corrected chi connectivity index (χ1v) is 7.35. The second-order valence-electron chi connectivity index (χ2n) is 4.05. The number of rotatable bonds is 2. The predicted molar refractivity (Wildman–Crippen MR) is 83.0 cm³/mol. The molecule has 96 valence electrons. The molecule has 1 aromatic rings. The highest BCUT2D eigenvalue weighted by Crippen LogP contribution is 2.08. The van der Waals surface area contributed by atoms with Gasteiger partial charge in [-0.2, -0.15) is 0 Å². The zero-order valence-electron chi connectivity index (χ0n) is 10.2. The molecule has 2 N–H and O–H groups in total. The Morgan fingerprint density at radius 3 is 2.94 bits per heavy atom. The van der Waals surface area contributed by atoms with Gasteiger partial charge in [-0.15, -0.1) is 0 Å². The number of hydrogen-bond acceptors (Lipinski definition) is 4. The zero-order valence-corrected chi connectivity index (χ0v) is 11.8. The Labute approximate surface area is 117 Å². The van der Waals surface area contributed by atoms with Gasteiger partial charge in [-0.3, -0.25) is 4.99 Å². The van der Waals surface area contributed by atoms with Gasteiger partial charge >= 0.3 is 0 Å². The van der Waals surface area contributed by atoms with Crippen LogP contribution in [0, 0.1) is 0 Å². The molecule has 0 bridgehead atoms. The second kappa shape index (κ2) is 7.38. The Hall–Kier alpha value is -1.07. The molecule has 0 saturated heterocycles. The molecule has 18 heavy (non-hydrogen) atoms. The Balaban J connectivity index is 1.91. The summed E-state index contributed by atoms with van der Waals surface area (Å²) in [4.78, 5) is 4.55. The van der Waals surface area contributed by atoms with E-state index in [0.717, 1.165) is 42.0 Å². The molecule has 0 amide bonds. The van der Waals surface area contributed by atoms with Crippen molar-refractivity contribution >= 4 is 33.5 Å². The van der Waals surface area contributed by atoms with Crippen molar-refractivity contribution in [2.75, 3.05) is 13.1 Å². The van der Waals surface area contributed by atoms with Crippen LogP contribution in [-0.2, 0) is 6.54 Å². The van der Waals surface area contributed by atoms with E-state index in [4.69, 9.17) is 12.2 Å². The minimum atomic E-state index is 0.787. The molecule has 0 fully saturated rings. The quantitative estimate of drug-likeness (QED) is 0.816. The summed E-state index contributed by atoms with van der Waals surface area (Å²) in [6.45, 7) is 2.61. The molecule has 1 aliphatic heterocycles. The summed E-state index contributed by atoms with van der Waals surface area (Å²) in [7, 11) is 0. The van der Waals surface area contributed by atoms with Gasteiger partial charge in [0.25, 0.3) is 0 Å². The fourth-order valence-electron chi connectivity index (χ4n) is 1.63. The average molecular weight is 279 g/mol. The number of amidine groups is 1. The van der Waals surface area contributed by atoms with Gasteiger partial charge in [0.1, 0.15) is 4.32 Å². The van der Waals surface area contributed by atoms with E-state index in [9.17, 15) is 0 Å². The molecule has 0 aliphatic carbocycles. The van der Waals surface area contributed by atoms with Crippen molar-refractivity contribution in [1.29, 1.82) is 0 Å². The fraction of sp³-hybridized carbons (Fsp3) is 0.385.